The molecule has 0 aromatic rings. The molecule has 0 saturated heterocycles. The van der Waals surface area contributed by atoms with Gasteiger partial charge in [-0.15, -0.1) is 0 Å². The summed E-state index contributed by atoms with van der Waals surface area (Å²) in [6.07, 6.45) is 0. The maximum Gasteiger partial charge on any atom is 0.106 e. The first-order valence-corrected chi connectivity index (χ1v) is 4.09. The van der Waals surface area contributed by atoms with E-state index < -0.39 is 0 Å². The Morgan fingerprint density at radius 1 is 1.55 bits per heavy atom. The molecule has 0 saturated carbocycles. The number of nitrogens with one attached hydrogen (secondary N) is 1. The van der Waals surface area contributed by atoms with E-state index in [9.17, 15) is 0 Å². The summed E-state index contributed by atoms with van der Waals surface area (Å²) >= 11 is 0. The van der Waals surface area contributed by atoms with Gasteiger partial charge in [-0.05, 0) is 12.5 Å². The minimum absolute atomic E-state index is 0.282. The molecule has 0 fully saturated rings. The molecular weight excluding hydrogens is 138 g/mol. The SMILES string of the molecule is C=C(OC)C(NCC)C(C)C. The van der Waals surface area contributed by atoms with Crippen molar-refractivity contribution < 1.29 is 4.74 Å². The predicted octanol–water partition coefficient (Wildman–Crippen LogP) is 1.78. The second kappa shape index (κ2) is 5.19. The van der Waals surface area contributed by atoms with Gasteiger partial charge in [0.25, 0.3) is 0 Å². The number of likely N-dealkylation sites (N-methyl/N-ethyl adjacent to an activating group) is 1. The highest BCUT2D eigenvalue weighted by Crippen LogP contribution is 2.10. The molecular formula is C9H19NO. The topological polar surface area (TPSA) is 21.3 Å². The van der Waals surface area contributed by atoms with Gasteiger partial charge in [0.05, 0.1) is 13.2 Å². The molecule has 2 heteroatoms. The highest BCUT2D eigenvalue weighted by molar-refractivity contribution is 4.97. The summed E-state index contributed by atoms with van der Waals surface area (Å²) in [4.78, 5) is 0. The smallest absolute Gasteiger partial charge is 0.106 e. The summed E-state index contributed by atoms with van der Waals surface area (Å²) in [6, 6.07) is 0.282. The molecule has 1 unspecified atom stereocenters. The molecule has 11 heavy (non-hydrogen) atoms. The molecule has 0 aliphatic carbocycles. The Morgan fingerprint density at radius 3 is 2.36 bits per heavy atom. The molecule has 0 radical (unpaired) electrons. The molecule has 66 valence electrons. The van der Waals surface area contributed by atoms with Crippen molar-refractivity contribution >= 4 is 0 Å². The van der Waals surface area contributed by atoms with E-state index in [1.807, 2.05) is 0 Å². The van der Waals surface area contributed by atoms with Crippen LogP contribution in [0.15, 0.2) is 12.3 Å². The van der Waals surface area contributed by atoms with E-state index in [1.54, 1.807) is 7.11 Å². The third-order valence-corrected chi connectivity index (χ3v) is 1.70. The van der Waals surface area contributed by atoms with Crippen molar-refractivity contribution in [2.75, 3.05) is 13.7 Å². The van der Waals surface area contributed by atoms with Crippen LogP contribution in [0.1, 0.15) is 20.8 Å². The van der Waals surface area contributed by atoms with Crippen LogP contribution in [0.2, 0.25) is 0 Å². The molecule has 0 aliphatic heterocycles. The Balaban J connectivity index is 3.98. The quantitative estimate of drug-likeness (QED) is 0.614. The van der Waals surface area contributed by atoms with Crippen LogP contribution >= 0.6 is 0 Å². The summed E-state index contributed by atoms with van der Waals surface area (Å²) in [5.41, 5.74) is 0. The minimum Gasteiger partial charge on any atom is -0.500 e. The summed E-state index contributed by atoms with van der Waals surface area (Å²) in [5, 5.41) is 3.31. The third-order valence-electron chi connectivity index (χ3n) is 1.70. The average Bonchev–Trinajstić information content (AvgIpc) is 1.98. The van der Waals surface area contributed by atoms with Gasteiger partial charge < -0.3 is 10.1 Å². The Morgan fingerprint density at radius 2 is 2.09 bits per heavy atom. The largest absolute Gasteiger partial charge is 0.500 e. The van der Waals surface area contributed by atoms with Crippen molar-refractivity contribution in [2.24, 2.45) is 5.92 Å². The van der Waals surface area contributed by atoms with Gasteiger partial charge in [-0.25, -0.2) is 0 Å². The highest BCUT2D eigenvalue weighted by Gasteiger charge is 2.15. The lowest BCUT2D eigenvalue weighted by molar-refractivity contribution is 0.232. The van der Waals surface area contributed by atoms with E-state index in [0.717, 1.165) is 12.3 Å². The van der Waals surface area contributed by atoms with E-state index in [0.29, 0.717) is 5.92 Å². The van der Waals surface area contributed by atoms with E-state index in [2.05, 4.69) is 32.7 Å². The van der Waals surface area contributed by atoms with E-state index >= 15 is 0 Å². The van der Waals surface area contributed by atoms with Crippen LogP contribution in [0.4, 0.5) is 0 Å². The lowest BCUT2D eigenvalue weighted by Gasteiger charge is -2.22. The van der Waals surface area contributed by atoms with Gasteiger partial charge in [0.2, 0.25) is 0 Å². The van der Waals surface area contributed by atoms with Crippen LogP contribution < -0.4 is 5.32 Å². The normalized spacial score (nSPS) is 13.2. The number of methoxy groups -OCH3 is 1. The highest BCUT2D eigenvalue weighted by atomic mass is 16.5. The molecule has 0 bridgehead atoms. The van der Waals surface area contributed by atoms with Gasteiger partial charge in [-0.1, -0.05) is 27.4 Å². The van der Waals surface area contributed by atoms with Crippen molar-refractivity contribution in [1.82, 2.24) is 5.32 Å². The maximum absolute atomic E-state index is 5.07. The number of hydrogen-bond donors (Lipinski definition) is 1. The molecule has 0 aliphatic rings. The zero-order valence-corrected chi connectivity index (χ0v) is 7.98. The molecule has 0 amide bonds. The zero-order valence-electron chi connectivity index (χ0n) is 7.98. The molecule has 1 atom stereocenters. The lowest BCUT2D eigenvalue weighted by atomic mass is 10.0. The Bertz CT molecular complexity index is 121. The first-order chi connectivity index (χ1) is 5.13. The fourth-order valence-corrected chi connectivity index (χ4v) is 1.07. The van der Waals surface area contributed by atoms with Gasteiger partial charge in [-0.3, -0.25) is 0 Å². The summed E-state index contributed by atoms with van der Waals surface area (Å²) in [7, 11) is 1.66. The Kier molecular flexibility index (Phi) is 4.95. The van der Waals surface area contributed by atoms with Gasteiger partial charge >= 0.3 is 0 Å². The number of ether oxygens (including phenoxy) is 1. The van der Waals surface area contributed by atoms with Crippen molar-refractivity contribution in [3.8, 4) is 0 Å². The number of rotatable bonds is 5. The molecule has 0 rings (SSSR count). The van der Waals surface area contributed by atoms with E-state index in [4.69, 9.17) is 4.74 Å². The summed E-state index contributed by atoms with van der Waals surface area (Å²) in [5.74, 6) is 1.35. The van der Waals surface area contributed by atoms with E-state index in [-0.39, 0.29) is 6.04 Å². The second-order valence-electron chi connectivity index (χ2n) is 2.95. The van der Waals surface area contributed by atoms with Gasteiger partial charge in [0, 0.05) is 0 Å². The fourth-order valence-electron chi connectivity index (χ4n) is 1.07. The average molecular weight is 157 g/mol. The monoisotopic (exact) mass is 157 g/mol. The van der Waals surface area contributed by atoms with Crippen molar-refractivity contribution in [2.45, 2.75) is 26.8 Å². The minimum atomic E-state index is 0.282. The Hall–Kier alpha value is -0.500. The molecule has 2 nitrogen and oxygen atoms in total. The molecule has 0 spiro atoms. The summed E-state index contributed by atoms with van der Waals surface area (Å²) < 4.78 is 5.07. The number of hydrogen-bond acceptors (Lipinski definition) is 2. The van der Waals surface area contributed by atoms with E-state index in [1.165, 1.54) is 0 Å². The molecule has 0 aromatic heterocycles. The van der Waals surface area contributed by atoms with Crippen LogP contribution in [0.5, 0.6) is 0 Å². The van der Waals surface area contributed by atoms with Crippen LogP contribution in [0.3, 0.4) is 0 Å². The molecule has 1 N–H and O–H groups in total. The second-order valence-corrected chi connectivity index (χ2v) is 2.95. The van der Waals surface area contributed by atoms with Gasteiger partial charge in [0.1, 0.15) is 5.76 Å². The zero-order chi connectivity index (χ0) is 8.85. The predicted molar refractivity (Wildman–Crippen MR) is 48.5 cm³/mol. The van der Waals surface area contributed by atoms with Gasteiger partial charge in [-0.2, -0.15) is 0 Å². The third kappa shape index (κ3) is 3.42. The van der Waals surface area contributed by atoms with Crippen LogP contribution in [-0.4, -0.2) is 19.7 Å². The fraction of sp³-hybridized carbons (Fsp3) is 0.778. The first kappa shape index (κ1) is 10.5. The molecule has 0 aromatic carbocycles. The van der Waals surface area contributed by atoms with Crippen LogP contribution in [0.25, 0.3) is 0 Å². The van der Waals surface area contributed by atoms with Crippen LogP contribution in [0, 0.1) is 5.92 Å². The van der Waals surface area contributed by atoms with Crippen molar-refractivity contribution in [3.05, 3.63) is 12.3 Å². The van der Waals surface area contributed by atoms with Crippen LogP contribution in [-0.2, 0) is 4.74 Å². The van der Waals surface area contributed by atoms with Crippen molar-refractivity contribution in [1.29, 1.82) is 0 Å². The molecule has 0 heterocycles. The van der Waals surface area contributed by atoms with Crippen molar-refractivity contribution in [3.63, 3.8) is 0 Å². The lowest BCUT2D eigenvalue weighted by Crippen LogP contribution is -2.35. The summed E-state index contributed by atoms with van der Waals surface area (Å²) in [6.45, 7) is 11.2. The first-order valence-electron chi connectivity index (χ1n) is 4.09. The maximum atomic E-state index is 5.07. The van der Waals surface area contributed by atoms with Gasteiger partial charge in [0.15, 0.2) is 0 Å². The Labute approximate surface area is 69.6 Å². The standard InChI is InChI=1S/C9H19NO/c1-6-10-9(7(2)3)8(4)11-5/h7,9-10H,4,6H2,1-3,5H3.